The van der Waals surface area contributed by atoms with Gasteiger partial charge < -0.3 is 5.32 Å². The Hall–Kier alpha value is -1.68. The van der Waals surface area contributed by atoms with Gasteiger partial charge >= 0.3 is 0 Å². The molecule has 1 heterocycles. The number of aryl methyl sites for hydroxylation is 3. The van der Waals surface area contributed by atoms with Crippen LogP contribution in [0.5, 0.6) is 0 Å². The second kappa shape index (κ2) is 5.13. The van der Waals surface area contributed by atoms with E-state index in [0.717, 1.165) is 18.8 Å². The van der Waals surface area contributed by atoms with Gasteiger partial charge in [0.2, 0.25) is 0 Å². The van der Waals surface area contributed by atoms with Crippen molar-refractivity contribution in [3.05, 3.63) is 47.0 Å². The van der Waals surface area contributed by atoms with Gasteiger partial charge in [0, 0.05) is 26.1 Å². The van der Waals surface area contributed by atoms with Crippen molar-refractivity contribution in [1.82, 2.24) is 20.1 Å². The fourth-order valence-corrected chi connectivity index (χ4v) is 2.79. The fraction of sp³-hybridized carbons (Fsp3) is 0.467. The number of nitrogens with zero attached hydrogens (tertiary/aromatic N) is 3. The van der Waals surface area contributed by atoms with Crippen LogP contribution >= 0.6 is 0 Å². The Balaban J connectivity index is 1.59. The molecule has 4 heteroatoms. The summed E-state index contributed by atoms with van der Waals surface area (Å²) in [5.41, 5.74) is 4.33. The first-order valence-corrected chi connectivity index (χ1v) is 6.90. The summed E-state index contributed by atoms with van der Waals surface area (Å²) >= 11 is 0. The molecule has 0 bridgehead atoms. The Labute approximate surface area is 113 Å². The summed E-state index contributed by atoms with van der Waals surface area (Å²) in [5, 5.41) is 7.93. The number of nitrogens with one attached hydrogen (secondary N) is 1. The first-order valence-electron chi connectivity index (χ1n) is 6.90. The van der Waals surface area contributed by atoms with Crippen LogP contribution in [-0.2, 0) is 19.9 Å². The highest BCUT2D eigenvalue weighted by atomic mass is 15.3. The maximum Gasteiger partial charge on any atom is 0.151 e. The molecule has 0 saturated heterocycles. The summed E-state index contributed by atoms with van der Waals surface area (Å²) in [5.74, 6) is 0.914. The van der Waals surface area contributed by atoms with Crippen molar-refractivity contribution in [3.63, 3.8) is 0 Å². The molecule has 1 atom stereocenters. The van der Waals surface area contributed by atoms with Crippen LogP contribution < -0.4 is 5.32 Å². The molecule has 0 amide bonds. The van der Waals surface area contributed by atoms with E-state index >= 15 is 0 Å². The van der Waals surface area contributed by atoms with Gasteiger partial charge in [-0.3, -0.25) is 4.68 Å². The first-order chi connectivity index (χ1) is 9.22. The first kappa shape index (κ1) is 12.4. The van der Waals surface area contributed by atoms with Gasteiger partial charge in [-0.1, -0.05) is 23.8 Å². The molecule has 100 valence electrons. The number of fused-ring (bicyclic) bond motifs is 1. The molecule has 0 fully saturated rings. The predicted octanol–water partition coefficient (Wildman–Crippen LogP) is 1.94. The Bertz CT molecular complexity index is 573. The van der Waals surface area contributed by atoms with E-state index in [4.69, 9.17) is 0 Å². The molecule has 1 N–H and O–H groups in total. The Morgan fingerprint density at radius 3 is 3.11 bits per heavy atom. The third-order valence-corrected chi connectivity index (χ3v) is 3.77. The molecule has 0 saturated carbocycles. The minimum absolute atomic E-state index is 0.499. The molecule has 1 aliphatic rings. The smallest absolute Gasteiger partial charge is 0.151 e. The lowest BCUT2D eigenvalue weighted by molar-refractivity contribution is 0.528. The maximum atomic E-state index is 4.30. The molecule has 0 aliphatic heterocycles. The SMILES string of the molecule is Cc1ccc2c(c1)C(NCCc1ncn(C)n1)CC2. The number of rotatable bonds is 4. The van der Waals surface area contributed by atoms with Crippen LogP contribution in [0.15, 0.2) is 24.5 Å². The van der Waals surface area contributed by atoms with Crippen LogP contribution in [0.3, 0.4) is 0 Å². The lowest BCUT2D eigenvalue weighted by atomic mass is 10.1. The molecule has 0 spiro atoms. The van der Waals surface area contributed by atoms with Crippen molar-refractivity contribution < 1.29 is 0 Å². The van der Waals surface area contributed by atoms with Gasteiger partial charge in [0.1, 0.15) is 6.33 Å². The topological polar surface area (TPSA) is 42.7 Å². The lowest BCUT2D eigenvalue weighted by Crippen LogP contribution is -2.22. The molecule has 3 rings (SSSR count). The summed E-state index contributed by atoms with van der Waals surface area (Å²) in [6, 6.07) is 7.30. The zero-order valence-corrected chi connectivity index (χ0v) is 11.6. The van der Waals surface area contributed by atoms with Crippen molar-refractivity contribution in [1.29, 1.82) is 0 Å². The van der Waals surface area contributed by atoms with Gasteiger partial charge in [0.15, 0.2) is 5.82 Å². The largest absolute Gasteiger partial charge is 0.309 e. The van der Waals surface area contributed by atoms with E-state index in [1.54, 1.807) is 11.0 Å². The van der Waals surface area contributed by atoms with Crippen molar-refractivity contribution in [3.8, 4) is 0 Å². The quantitative estimate of drug-likeness (QED) is 0.909. The van der Waals surface area contributed by atoms with Crippen molar-refractivity contribution in [2.45, 2.75) is 32.2 Å². The second-order valence-corrected chi connectivity index (χ2v) is 5.33. The summed E-state index contributed by atoms with van der Waals surface area (Å²) in [6.45, 7) is 3.09. The summed E-state index contributed by atoms with van der Waals surface area (Å²) < 4.78 is 1.75. The monoisotopic (exact) mass is 256 g/mol. The molecular weight excluding hydrogens is 236 g/mol. The fourth-order valence-electron chi connectivity index (χ4n) is 2.79. The van der Waals surface area contributed by atoms with E-state index in [0.29, 0.717) is 6.04 Å². The molecular formula is C15H20N4. The predicted molar refractivity (Wildman–Crippen MR) is 75.0 cm³/mol. The van der Waals surface area contributed by atoms with Gasteiger partial charge in [-0.25, -0.2) is 4.98 Å². The summed E-state index contributed by atoms with van der Waals surface area (Å²) in [6.07, 6.45) is 5.03. The zero-order valence-electron chi connectivity index (χ0n) is 11.6. The number of benzene rings is 1. The molecule has 1 aromatic carbocycles. The standard InChI is InChI=1S/C15H20N4/c1-11-3-4-12-5-6-14(13(12)9-11)16-8-7-15-17-10-19(2)18-15/h3-4,9-10,14,16H,5-8H2,1-2H3. The number of aromatic nitrogens is 3. The molecule has 1 aromatic heterocycles. The van der Waals surface area contributed by atoms with E-state index in [9.17, 15) is 0 Å². The molecule has 4 nitrogen and oxygen atoms in total. The van der Waals surface area contributed by atoms with Crippen molar-refractivity contribution in [2.75, 3.05) is 6.54 Å². The number of hydrogen-bond acceptors (Lipinski definition) is 3. The normalized spacial score (nSPS) is 17.7. The molecule has 0 radical (unpaired) electrons. The zero-order chi connectivity index (χ0) is 13.2. The third-order valence-electron chi connectivity index (χ3n) is 3.77. The van der Waals surface area contributed by atoms with E-state index in [1.165, 1.54) is 29.5 Å². The van der Waals surface area contributed by atoms with Crippen molar-refractivity contribution in [2.24, 2.45) is 7.05 Å². The highest BCUT2D eigenvalue weighted by Crippen LogP contribution is 2.31. The molecule has 1 aliphatic carbocycles. The van der Waals surface area contributed by atoms with Gasteiger partial charge in [-0.2, -0.15) is 5.10 Å². The van der Waals surface area contributed by atoms with Crippen LogP contribution in [0.2, 0.25) is 0 Å². The van der Waals surface area contributed by atoms with E-state index in [-0.39, 0.29) is 0 Å². The van der Waals surface area contributed by atoms with Crippen LogP contribution in [-0.4, -0.2) is 21.3 Å². The van der Waals surface area contributed by atoms with Crippen LogP contribution in [0.1, 0.15) is 35.0 Å². The highest BCUT2D eigenvalue weighted by Gasteiger charge is 2.21. The summed E-state index contributed by atoms with van der Waals surface area (Å²) in [7, 11) is 1.90. The van der Waals surface area contributed by atoms with E-state index in [2.05, 4.69) is 40.5 Å². The average molecular weight is 256 g/mol. The Morgan fingerprint density at radius 1 is 1.42 bits per heavy atom. The van der Waals surface area contributed by atoms with Crippen LogP contribution in [0.4, 0.5) is 0 Å². The van der Waals surface area contributed by atoms with E-state index < -0.39 is 0 Å². The van der Waals surface area contributed by atoms with Crippen molar-refractivity contribution >= 4 is 0 Å². The maximum absolute atomic E-state index is 4.30. The van der Waals surface area contributed by atoms with Crippen LogP contribution in [0, 0.1) is 6.92 Å². The number of hydrogen-bond donors (Lipinski definition) is 1. The minimum Gasteiger partial charge on any atom is -0.309 e. The third kappa shape index (κ3) is 2.68. The van der Waals surface area contributed by atoms with E-state index in [1.807, 2.05) is 7.05 Å². The Morgan fingerprint density at radius 2 is 2.32 bits per heavy atom. The second-order valence-electron chi connectivity index (χ2n) is 5.33. The van der Waals surface area contributed by atoms with Gasteiger partial charge in [0.25, 0.3) is 0 Å². The Kier molecular flexibility index (Phi) is 3.34. The molecule has 19 heavy (non-hydrogen) atoms. The highest BCUT2D eigenvalue weighted by molar-refractivity contribution is 5.37. The van der Waals surface area contributed by atoms with Gasteiger partial charge in [-0.05, 0) is 30.9 Å². The minimum atomic E-state index is 0.499. The van der Waals surface area contributed by atoms with Gasteiger partial charge in [0.05, 0.1) is 0 Å². The average Bonchev–Trinajstić information content (AvgIpc) is 2.97. The summed E-state index contributed by atoms with van der Waals surface area (Å²) in [4.78, 5) is 4.25. The lowest BCUT2D eigenvalue weighted by Gasteiger charge is -2.13. The molecule has 2 aromatic rings. The molecule has 1 unspecified atom stereocenters. The van der Waals surface area contributed by atoms with Crippen LogP contribution in [0.25, 0.3) is 0 Å². The van der Waals surface area contributed by atoms with Gasteiger partial charge in [-0.15, -0.1) is 0 Å².